The highest BCUT2D eigenvalue weighted by atomic mass is 79.9. The van der Waals surface area contributed by atoms with Crippen LogP contribution in [0.25, 0.3) is 0 Å². The van der Waals surface area contributed by atoms with E-state index in [9.17, 15) is 4.79 Å². The highest BCUT2D eigenvalue weighted by molar-refractivity contribution is 9.09. The van der Waals surface area contributed by atoms with Gasteiger partial charge in [-0.1, -0.05) is 15.9 Å². The number of nitrogens with zero attached hydrogens (tertiary/aromatic N) is 2. The molecular formula is C9H13BrN2OS. The Morgan fingerprint density at radius 1 is 1.79 bits per heavy atom. The Morgan fingerprint density at radius 3 is 2.86 bits per heavy atom. The van der Waals surface area contributed by atoms with Crippen LogP contribution < -0.4 is 0 Å². The molecule has 1 aromatic heterocycles. The number of hydrogen-bond donors (Lipinski definition) is 0. The zero-order chi connectivity index (χ0) is 10.7. The predicted octanol–water partition coefficient (Wildman–Crippen LogP) is 2.31. The third-order valence-electron chi connectivity index (χ3n) is 2.14. The maximum atomic E-state index is 11.9. The normalized spacial score (nSPS) is 12.6. The number of amides is 1. The Kier molecular flexibility index (Phi) is 4.07. The lowest BCUT2D eigenvalue weighted by atomic mass is 10.3. The number of thiazole rings is 1. The topological polar surface area (TPSA) is 33.2 Å². The number of aryl methyl sites for hydroxylation is 1. The summed E-state index contributed by atoms with van der Waals surface area (Å²) in [5.41, 5.74) is 2.52. The largest absolute Gasteiger partial charge is 0.337 e. The molecule has 0 aliphatic heterocycles. The highest BCUT2D eigenvalue weighted by Gasteiger charge is 2.19. The highest BCUT2D eigenvalue weighted by Crippen LogP contribution is 2.16. The van der Waals surface area contributed by atoms with Crippen LogP contribution in [0.15, 0.2) is 5.51 Å². The predicted molar refractivity (Wildman–Crippen MR) is 62.2 cm³/mol. The van der Waals surface area contributed by atoms with E-state index in [4.69, 9.17) is 0 Å². The summed E-state index contributed by atoms with van der Waals surface area (Å²) >= 11 is 4.76. The molecule has 0 N–H and O–H groups in total. The van der Waals surface area contributed by atoms with Crippen molar-refractivity contribution in [2.24, 2.45) is 0 Å². The molecule has 0 fully saturated rings. The lowest BCUT2D eigenvalue weighted by Gasteiger charge is -2.22. The van der Waals surface area contributed by atoms with E-state index in [0.29, 0.717) is 0 Å². The fourth-order valence-corrected chi connectivity index (χ4v) is 2.19. The minimum atomic E-state index is 0.0527. The number of carbonyl (C=O) groups is 1. The van der Waals surface area contributed by atoms with E-state index in [1.54, 1.807) is 10.4 Å². The van der Waals surface area contributed by atoms with E-state index in [0.717, 1.165) is 15.9 Å². The van der Waals surface area contributed by atoms with Crippen molar-refractivity contribution in [1.29, 1.82) is 0 Å². The molecule has 0 aromatic carbocycles. The first-order chi connectivity index (χ1) is 6.57. The Labute approximate surface area is 96.3 Å². The van der Waals surface area contributed by atoms with Crippen LogP contribution in [-0.2, 0) is 0 Å². The van der Waals surface area contributed by atoms with Crippen LogP contribution >= 0.6 is 27.3 Å². The van der Waals surface area contributed by atoms with Gasteiger partial charge in [0.05, 0.1) is 11.2 Å². The van der Waals surface area contributed by atoms with Crippen molar-refractivity contribution in [3.8, 4) is 0 Å². The van der Waals surface area contributed by atoms with E-state index in [2.05, 4.69) is 20.9 Å². The zero-order valence-electron chi connectivity index (χ0n) is 8.45. The first-order valence-corrected chi connectivity index (χ1v) is 6.31. The van der Waals surface area contributed by atoms with Gasteiger partial charge in [-0.2, -0.15) is 0 Å². The molecule has 0 spiro atoms. The molecule has 5 heteroatoms. The average Bonchev–Trinajstić information content (AvgIpc) is 2.61. The summed E-state index contributed by atoms with van der Waals surface area (Å²) in [4.78, 5) is 18.4. The Hall–Kier alpha value is -0.420. The molecule has 1 rings (SSSR count). The Morgan fingerprint density at radius 2 is 2.43 bits per heavy atom. The molecule has 0 aliphatic rings. The van der Waals surface area contributed by atoms with Crippen molar-refractivity contribution in [1.82, 2.24) is 9.88 Å². The molecule has 0 saturated heterocycles. The van der Waals surface area contributed by atoms with Crippen LogP contribution in [0.2, 0.25) is 0 Å². The van der Waals surface area contributed by atoms with Crippen LogP contribution in [0.4, 0.5) is 0 Å². The van der Waals surface area contributed by atoms with Crippen LogP contribution in [0.3, 0.4) is 0 Å². The number of rotatable bonds is 3. The lowest BCUT2D eigenvalue weighted by molar-refractivity contribution is 0.0762. The second kappa shape index (κ2) is 4.89. The summed E-state index contributed by atoms with van der Waals surface area (Å²) in [6.45, 7) is 3.86. The van der Waals surface area contributed by atoms with E-state index in [-0.39, 0.29) is 11.9 Å². The van der Waals surface area contributed by atoms with Gasteiger partial charge in [0.25, 0.3) is 5.91 Å². The number of halogens is 1. The first kappa shape index (κ1) is 11.7. The van der Waals surface area contributed by atoms with Crippen molar-refractivity contribution >= 4 is 33.2 Å². The van der Waals surface area contributed by atoms with E-state index in [1.807, 2.05) is 20.9 Å². The molecule has 78 valence electrons. The number of carbonyl (C=O) groups excluding carboxylic acids is 1. The lowest BCUT2D eigenvalue weighted by Crippen LogP contribution is -2.35. The molecular weight excluding hydrogens is 264 g/mol. The first-order valence-electron chi connectivity index (χ1n) is 4.31. The molecule has 3 nitrogen and oxygen atoms in total. The standard InChI is InChI=1S/C9H13BrN2OS/c1-6(4-10)12(3)9(13)8-7(2)11-5-14-8/h5-6H,4H2,1-3H3. The van der Waals surface area contributed by atoms with Gasteiger partial charge in [-0.15, -0.1) is 11.3 Å². The molecule has 1 atom stereocenters. The van der Waals surface area contributed by atoms with Crippen molar-refractivity contribution < 1.29 is 4.79 Å². The minimum Gasteiger partial charge on any atom is -0.337 e. The van der Waals surface area contributed by atoms with Gasteiger partial charge in [-0.25, -0.2) is 4.98 Å². The van der Waals surface area contributed by atoms with Gasteiger partial charge in [-0.05, 0) is 13.8 Å². The second-order valence-corrected chi connectivity index (χ2v) is 4.69. The third kappa shape index (κ3) is 2.33. The summed E-state index contributed by atoms with van der Waals surface area (Å²) in [5.74, 6) is 0.0527. The molecule has 0 aliphatic carbocycles. The molecule has 0 bridgehead atoms. The summed E-state index contributed by atoms with van der Waals surface area (Å²) in [7, 11) is 1.81. The monoisotopic (exact) mass is 276 g/mol. The quantitative estimate of drug-likeness (QED) is 0.794. The van der Waals surface area contributed by atoms with Gasteiger partial charge in [-0.3, -0.25) is 4.79 Å². The van der Waals surface area contributed by atoms with Gasteiger partial charge in [0, 0.05) is 18.4 Å². The fraction of sp³-hybridized carbons (Fsp3) is 0.556. The van der Waals surface area contributed by atoms with Gasteiger partial charge in [0.15, 0.2) is 0 Å². The van der Waals surface area contributed by atoms with Crippen molar-refractivity contribution in [2.45, 2.75) is 19.9 Å². The second-order valence-electron chi connectivity index (χ2n) is 3.19. The summed E-state index contributed by atoms with van der Waals surface area (Å²) < 4.78 is 0. The van der Waals surface area contributed by atoms with Crippen molar-refractivity contribution in [2.75, 3.05) is 12.4 Å². The van der Waals surface area contributed by atoms with Gasteiger partial charge in [0.2, 0.25) is 0 Å². The average molecular weight is 277 g/mol. The fourth-order valence-electron chi connectivity index (χ4n) is 0.971. The smallest absolute Gasteiger partial charge is 0.265 e. The van der Waals surface area contributed by atoms with Gasteiger partial charge >= 0.3 is 0 Å². The van der Waals surface area contributed by atoms with Crippen LogP contribution in [0, 0.1) is 6.92 Å². The summed E-state index contributed by atoms with van der Waals surface area (Å²) in [6, 6.07) is 0.198. The summed E-state index contributed by atoms with van der Waals surface area (Å²) in [5, 5.41) is 0.785. The van der Waals surface area contributed by atoms with Crippen LogP contribution in [0.1, 0.15) is 22.3 Å². The maximum Gasteiger partial charge on any atom is 0.265 e. The molecule has 1 aromatic rings. The van der Waals surface area contributed by atoms with Crippen LogP contribution in [0.5, 0.6) is 0 Å². The maximum absolute atomic E-state index is 11.9. The van der Waals surface area contributed by atoms with E-state index < -0.39 is 0 Å². The number of aromatic nitrogens is 1. The molecule has 0 saturated carbocycles. The Bertz CT molecular complexity index is 326. The van der Waals surface area contributed by atoms with Gasteiger partial charge in [0.1, 0.15) is 4.88 Å². The zero-order valence-corrected chi connectivity index (χ0v) is 10.9. The molecule has 14 heavy (non-hydrogen) atoms. The van der Waals surface area contributed by atoms with Crippen molar-refractivity contribution in [3.05, 3.63) is 16.1 Å². The molecule has 0 radical (unpaired) electrons. The SMILES string of the molecule is Cc1ncsc1C(=O)N(C)C(C)CBr. The molecule has 1 amide bonds. The Balaban J connectivity index is 2.81. The number of alkyl halides is 1. The van der Waals surface area contributed by atoms with E-state index >= 15 is 0 Å². The third-order valence-corrected chi connectivity index (χ3v) is 4.00. The van der Waals surface area contributed by atoms with Crippen molar-refractivity contribution in [3.63, 3.8) is 0 Å². The van der Waals surface area contributed by atoms with Crippen LogP contribution in [-0.4, -0.2) is 34.2 Å². The molecule has 1 heterocycles. The minimum absolute atomic E-state index is 0.0527. The van der Waals surface area contributed by atoms with E-state index in [1.165, 1.54) is 11.3 Å². The molecule has 1 unspecified atom stereocenters. The number of hydrogen-bond acceptors (Lipinski definition) is 3. The van der Waals surface area contributed by atoms with Gasteiger partial charge < -0.3 is 4.90 Å². The summed E-state index contributed by atoms with van der Waals surface area (Å²) in [6.07, 6.45) is 0.